The Bertz CT molecular complexity index is 3440. The number of anilines is 2. The summed E-state index contributed by atoms with van der Waals surface area (Å²) in [6.45, 7) is 18.5. The number of carbonyl (C=O) groups is 3. The van der Waals surface area contributed by atoms with Crippen LogP contribution in [0, 0.1) is 12.7 Å². The molecule has 458 valence electrons. The number of amides is 2. The van der Waals surface area contributed by atoms with Crippen LogP contribution < -0.4 is 25.2 Å². The second-order valence-electron chi connectivity index (χ2n) is 23.5. The van der Waals surface area contributed by atoms with E-state index >= 15 is 4.39 Å². The number of aromatic nitrogens is 5. The topological polar surface area (TPSA) is 208 Å². The van der Waals surface area contributed by atoms with Crippen molar-refractivity contribution in [2.45, 2.75) is 141 Å². The quantitative estimate of drug-likeness (QED) is 0.0866. The van der Waals surface area contributed by atoms with E-state index in [2.05, 4.69) is 95.3 Å². The molecule has 0 radical (unpaired) electrons. The first-order valence-electron chi connectivity index (χ1n) is 30.7. The van der Waals surface area contributed by atoms with Crippen LogP contribution in [0.4, 0.5) is 16.0 Å². The average Bonchev–Trinajstić information content (AvgIpc) is 2.37. The fourth-order valence-corrected chi connectivity index (χ4v) is 13.9. The molecule has 2 amide bonds. The highest BCUT2D eigenvalue weighted by Crippen LogP contribution is 2.40. The highest BCUT2D eigenvalue weighted by atomic mass is 32.1. The van der Waals surface area contributed by atoms with E-state index < -0.39 is 11.9 Å². The normalized spacial score (nSPS) is 21.2. The van der Waals surface area contributed by atoms with Crippen LogP contribution in [0.1, 0.15) is 114 Å². The number of benzene rings is 3. The van der Waals surface area contributed by atoms with E-state index in [-0.39, 0.29) is 47.2 Å². The number of hydrogen-bond acceptors (Lipinski definition) is 18. The van der Waals surface area contributed by atoms with Crippen LogP contribution in [-0.2, 0) is 32.0 Å². The van der Waals surface area contributed by atoms with Gasteiger partial charge >= 0.3 is 6.01 Å². The zero-order valence-corrected chi connectivity index (χ0v) is 51.6. The summed E-state index contributed by atoms with van der Waals surface area (Å²) in [5, 5.41) is 23.6. The van der Waals surface area contributed by atoms with Gasteiger partial charge in [-0.25, -0.2) is 9.37 Å². The molecule has 19 nitrogen and oxygen atoms in total. The number of likely N-dealkylation sites (N-methyl/N-ethyl adjacent to an activating group) is 1. The maximum Gasteiger partial charge on any atom is 0.318 e. The standard InChI is InChI=1S/C27H34N6O3S.C26H26FN5O2.C9H15NO2.C3H8/c1-18(20-6-8-21(9-7-20)26-19(2)28-17-37-26)29-27(35)23-5-4-10-33(23)25(34)16-22-15-24(30-36-22)32-13-11-31(3)12-14-32;1-3-14-5-4-6-15-9-18(33)10-19(21(14)15)23-22(27)24-20(11-28-23)25(31-26(30-24)34-2)32-12-16-7-8-17(13-32)29-16;11-7-12-6-9-4-3-8-2-1-5-10(8)9;1-3-2/h6-9,15,17-18,23H,4-5,10-14,16H2,1-3H3,(H,29,35);4-6,9-11,16-17,29,33H,3,7-8,12-13H2,1-2H3;7-9H,1-6H2;3H2,1-2H3. The molecule has 6 aliphatic heterocycles. The molecule has 6 atom stereocenters. The first-order chi connectivity index (χ1) is 41.8. The van der Waals surface area contributed by atoms with Gasteiger partial charge in [0.15, 0.2) is 11.6 Å². The molecule has 10 heterocycles. The molecule has 6 unspecified atom stereocenters. The summed E-state index contributed by atoms with van der Waals surface area (Å²) in [6.07, 6.45) is 12.7. The molecule has 3 N–H and O–H groups in total. The zero-order chi connectivity index (χ0) is 60.4. The number of aryl methyl sites for hydroxylation is 2. The predicted molar refractivity (Wildman–Crippen MR) is 334 cm³/mol. The van der Waals surface area contributed by atoms with E-state index in [1.165, 1.54) is 45.8 Å². The lowest BCUT2D eigenvalue weighted by molar-refractivity contribution is -0.138. The zero-order valence-electron chi connectivity index (χ0n) is 50.8. The molecule has 6 saturated heterocycles. The lowest BCUT2D eigenvalue weighted by Gasteiger charge is -2.34. The molecule has 4 aromatic heterocycles. The van der Waals surface area contributed by atoms with Gasteiger partial charge in [0, 0.05) is 87.8 Å². The third-order valence-electron chi connectivity index (χ3n) is 17.5. The van der Waals surface area contributed by atoms with Gasteiger partial charge < -0.3 is 49.3 Å². The van der Waals surface area contributed by atoms with Gasteiger partial charge in [-0.1, -0.05) is 74.8 Å². The Morgan fingerprint density at radius 3 is 2.38 bits per heavy atom. The highest BCUT2D eigenvalue weighted by molar-refractivity contribution is 7.13. The Morgan fingerprint density at radius 2 is 1.67 bits per heavy atom. The Hall–Kier alpha value is -7.33. The number of nitrogens with one attached hydrogen (secondary N) is 2. The van der Waals surface area contributed by atoms with E-state index in [1.807, 2.05) is 55.8 Å². The van der Waals surface area contributed by atoms with Crippen molar-refractivity contribution in [1.82, 2.24) is 50.4 Å². The molecule has 3 aromatic carbocycles. The third kappa shape index (κ3) is 14.1. The fourth-order valence-electron chi connectivity index (χ4n) is 13.1. The SMILES string of the molecule is CCC.CCc1cccc2cc(O)cc(-c3ncc4c(N5CC6CCC(C5)N6)nc(OC)nc4c3F)c12.Cc1ncsc1-c1ccc(C(C)NC(=O)C2CCCN2C(=O)Cc2cc(N3CCN(C)CC3)no2)cc1.O=COCC1CCC2CCCN21. The van der Waals surface area contributed by atoms with Crippen molar-refractivity contribution in [2.75, 3.05) is 82.9 Å². The molecule has 6 aliphatic rings. The molecule has 13 rings (SSSR count). The number of carbonyl (C=O) groups excluding carboxylic acids is 3. The minimum atomic E-state index is -0.546. The molecule has 2 bridgehead atoms. The van der Waals surface area contributed by atoms with Gasteiger partial charge in [0.1, 0.15) is 41.2 Å². The third-order valence-corrected chi connectivity index (χ3v) is 18.4. The lowest BCUT2D eigenvalue weighted by Crippen LogP contribution is -2.51. The summed E-state index contributed by atoms with van der Waals surface area (Å²) >= 11 is 1.62. The number of phenolic OH excluding ortho intramolecular Hbond substituents is 1. The van der Waals surface area contributed by atoms with Gasteiger partial charge in [-0.3, -0.25) is 24.3 Å². The number of methoxy groups -OCH3 is 1. The van der Waals surface area contributed by atoms with Crippen molar-refractivity contribution in [3.05, 3.63) is 101 Å². The van der Waals surface area contributed by atoms with Gasteiger partial charge in [-0.15, -0.1) is 11.3 Å². The minimum Gasteiger partial charge on any atom is -0.508 e. The van der Waals surface area contributed by atoms with Crippen LogP contribution in [0.25, 0.3) is 43.4 Å². The summed E-state index contributed by atoms with van der Waals surface area (Å²) in [5.41, 5.74) is 6.95. The smallest absolute Gasteiger partial charge is 0.318 e. The van der Waals surface area contributed by atoms with Gasteiger partial charge in [0.2, 0.25) is 11.8 Å². The largest absolute Gasteiger partial charge is 0.508 e. The second kappa shape index (κ2) is 28.5. The monoisotopic (exact) mass is 1190 g/mol. The van der Waals surface area contributed by atoms with E-state index in [9.17, 15) is 19.5 Å². The van der Waals surface area contributed by atoms with Gasteiger partial charge in [-0.2, -0.15) is 9.97 Å². The number of thiazole rings is 1. The molecule has 0 spiro atoms. The van der Waals surface area contributed by atoms with Crippen LogP contribution in [0.3, 0.4) is 0 Å². The number of nitrogens with zero attached hydrogens (tertiary/aromatic N) is 10. The summed E-state index contributed by atoms with van der Waals surface area (Å²) in [5.74, 6) is 1.26. The molecular formula is C65H83FN12O7S. The number of likely N-dealkylation sites (tertiary alicyclic amines) is 1. The van der Waals surface area contributed by atoms with Crippen molar-refractivity contribution in [1.29, 1.82) is 0 Å². The van der Waals surface area contributed by atoms with Crippen LogP contribution in [0.15, 0.2) is 76.9 Å². The summed E-state index contributed by atoms with van der Waals surface area (Å²) in [6, 6.07) is 20.8. The van der Waals surface area contributed by atoms with Gasteiger partial charge in [0.25, 0.3) is 6.47 Å². The van der Waals surface area contributed by atoms with Crippen molar-refractivity contribution in [3.63, 3.8) is 0 Å². The number of fused-ring (bicyclic) bond motifs is 5. The number of aromatic hydroxyl groups is 1. The predicted octanol–water partition coefficient (Wildman–Crippen LogP) is 9.67. The average molecular weight is 1200 g/mol. The lowest BCUT2D eigenvalue weighted by atomic mass is 9.95. The molecule has 6 fully saturated rings. The number of piperazine rings is 2. The summed E-state index contributed by atoms with van der Waals surface area (Å²) < 4.78 is 31.8. The Morgan fingerprint density at radius 1 is 0.919 bits per heavy atom. The Kier molecular flexibility index (Phi) is 20.4. The molecule has 21 heteroatoms. The molecule has 7 aromatic rings. The first-order valence-corrected chi connectivity index (χ1v) is 31.6. The minimum absolute atomic E-state index is 0.0642. The number of phenols is 1. The molecule has 0 saturated carbocycles. The van der Waals surface area contributed by atoms with Gasteiger partial charge in [0.05, 0.1) is 41.0 Å². The maximum atomic E-state index is 16.2. The number of hydrogen-bond donors (Lipinski definition) is 3. The second-order valence-corrected chi connectivity index (χ2v) is 24.4. The summed E-state index contributed by atoms with van der Waals surface area (Å²) in [4.78, 5) is 66.2. The maximum absolute atomic E-state index is 16.2. The fraction of sp³-hybridized carbons (Fsp3) is 0.508. The van der Waals surface area contributed by atoms with E-state index in [1.54, 1.807) is 34.6 Å². The Labute approximate surface area is 507 Å². The van der Waals surface area contributed by atoms with Crippen LogP contribution in [0.5, 0.6) is 11.8 Å². The number of pyridine rings is 1. The molecule has 86 heavy (non-hydrogen) atoms. The van der Waals surface area contributed by atoms with Crippen molar-refractivity contribution >= 4 is 62.9 Å². The first kappa shape index (κ1) is 61.7. The molecular weight excluding hydrogens is 1110 g/mol. The summed E-state index contributed by atoms with van der Waals surface area (Å²) in [7, 11) is 3.59. The van der Waals surface area contributed by atoms with Crippen LogP contribution in [0.2, 0.25) is 0 Å². The van der Waals surface area contributed by atoms with Crippen molar-refractivity contribution in [3.8, 4) is 33.5 Å². The van der Waals surface area contributed by atoms with Gasteiger partial charge in [-0.05, 0) is 125 Å². The van der Waals surface area contributed by atoms with Crippen molar-refractivity contribution < 1.29 is 37.9 Å². The van der Waals surface area contributed by atoms with Crippen LogP contribution >= 0.6 is 11.3 Å². The van der Waals surface area contributed by atoms with Crippen LogP contribution in [-0.4, -0.2) is 167 Å². The number of ether oxygens (including phenoxy) is 2. The number of halogens is 1. The molecule has 0 aliphatic carbocycles. The van der Waals surface area contributed by atoms with E-state index in [4.69, 9.17) is 14.0 Å². The Balaban J connectivity index is 0.000000154. The van der Waals surface area contributed by atoms with Crippen molar-refractivity contribution in [2.24, 2.45) is 0 Å². The van der Waals surface area contributed by atoms with E-state index in [0.717, 1.165) is 115 Å². The number of rotatable bonds is 14. The highest BCUT2D eigenvalue weighted by Gasteiger charge is 2.38. The van der Waals surface area contributed by atoms with E-state index in [0.29, 0.717) is 66.7 Å².